The number of thioether (sulfide) groups is 1. The Labute approximate surface area is 92.4 Å². The van der Waals surface area contributed by atoms with Crippen LogP contribution in [0.2, 0.25) is 0 Å². The molecule has 1 atom stereocenters. The highest BCUT2D eigenvalue weighted by molar-refractivity contribution is 8.23. The van der Waals surface area contributed by atoms with Crippen LogP contribution in [0.1, 0.15) is 6.92 Å². The number of amides is 3. The lowest BCUT2D eigenvalue weighted by molar-refractivity contribution is -0.119. The summed E-state index contributed by atoms with van der Waals surface area (Å²) in [5.41, 5.74) is 4.80. The largest absolute Gasteiger partial charge is 0.364 e. The van der Waals surface area contributed by atoms with E-state index in [0.29, 0.717) is 4.32 Å². The normalized spacial score (nSPS) is 11.6. The van der Waals surface area contributed by atoms with Crippen molar-refractivity contribution in [3.63, 3.8) is 0 Å². The third kappa shape index (κ3) is 5.03. The molecule has 0 aromatic rings. The molecule has 0 unspecified atom stereocenters. The molecule has 14 heavy (non-hydrogen) atoms. The van der Waals surface area contributed by atoms with Gasteiger partial charge in [-0.15, -0.1) is 0 Å². The molecular weight excluding hydrogens is 222 g/mol. The van der Waals surface area contributed by atoms with E-state index in [1.54, 1.807) is 25.9 Å². The number of nitrogens with zero attached hydrogens (tertiary/aromatic N) is 1. The third-order valence-electron chi connectivity index (χ3n) is 1.26. The summed E-state index contributed by atoms with van der Waals surface area (Å²) in [4.78, 5) is 23.3. The van der Waals surface area contributed by atoms with Gasteiger partial charge in [0.05, 0.1) is 5.25 Å². The van der Waals surface area contributed by atoms with Crippen LogP contribution in [-0.4, -0.2) is 40.5 Å². The molecule has 0 rings (SSSR count). The Balaban J connectivity index is 4.08. The van der Waals surface area contributed by atoms with Gasteiger partial charge in [0.25, 0.3) is 0 Å². The first-order valence-electron chi connectivity index (χ1n) is 3.82. The molecule has 0 bridgehead atoms. The first kappa shape index (κ1) is 13.2. The van der Waals surface area contributed by atoms with Gasteiger partial charge in [-0.05, 0) is 6.92 Å². The first-order chi connectivity index (χ1) is 6.34. The third-order valence-corrected chi connectivity index (χ3v) is 3.05. The Kier molecular flexibility index (Phi) is 5.47. The van der Waals surface area contributed by atoms with Gasteiger partial charge >= 0.3 is 6.03 Å². The van der Waals surface area contributed by atoms with Gasteiger partial charge in [0.2, 0.25) is 5.91 Å². The number of carbonyl (C=O) groups is 2. The molecule has 0 spiro atoms. The minimum absolute atomic E-state index is 0.433. The van der Waals surface area contributed by atoms with E-state index in [1.165, 1.54) is 11.8 Å². The number of nitrogens with one attached hydrogen (secondary N) is 1. The molecule has 0 radical (unpaired) electrons. The fraction of sp³-hybridized carbons (Fsp3) is 0.571. The fourth-order valence-corrected chi connectivity index (χ4v) is 1.65. The maximum absolute atomic E-state index is 11.2. The molecule has 3 amide bonds. The molecule has 0 saturated heterocycles. The summed E-state index contributed by atoms with van der Waals surface area (Å²) in [6.45, 7) is 1.65. The van der Waals surface area contributed by atoms with E-state index < -0.39 is 17.2 Å². The molecule has 0 saturated carbocycles. The highest BCUT2D eigenvalue weighted by Gasteiger charge is 2.17. The van der Waals surface area contributed by atoms with Gasteiger partial charge in [-0.2, -0.15) is 0 Å². The van der Waals surface area contributed by atoms with Crippen molar-refractivity contribution in [1.29, 1.82) is 0 Å². The maximum atomic E-state index is 11.2. The van der Waals surface area contributed by atoms with Crippen molar-refractivity contribution in [3.8, 4) is 0 Å². The van der Waals surface area contributed by atoms with Gasteiger partial charge in [-0.1, -0.05) is 24.0 Å². The quantitative estimate of drug-likeness (QED) is 0.666. The minimum Gasteiger partial charge on any atom is -0.364 e. The molecule has 0 fully saturated rings. The van der Waals surface area contributed by atoms with E-state index in [-0.39, 0.29) is 0 Å². The van der Waals surface area contributed by atoms with Crippen LogP contribution >= 0.6 is 24.0 Å². The number of hydrogen-bond donors (Lipinski definition) is 2. The van der Waals surface area contributed by atoms with Crippen molar-refractivity contribution in [2.45, 2.75) is 12.2 Å². The summed E-state index contributed by atoms with van der Waals surface area (Å²) in [6, 6.07) is -0.849. The van der Waals surface area contributed by atoms with Crippen molar-refractivity contribution in [2.24, 2.45) is 5.73 Å². The first-order valence-corrected chi connectivity index (χ1v) is 5.11. The fourth-order valence-electron chi connectivity index (χ4n) is 0.533. The van der Waals surface area contributed by atoms with Crippen LogP contribution in [0.5, 0.6) is 0 Å². The van der Waals surface area contributed by atoms with Crippen LogP contribution in [0.15, 0.2) is 0 Å². The molecule has 0 aromatic heterocycles. The second kappa shape index (κ2) is 5.82. The van der Waals surface area contributed by atoms with E-state index in [4.69, 9.17) is 18.0 Å². The predicted octanol–water partition coefficient (Wildman–Crippen LogP) is 0.150. The Hall–Kier alpha value is -0.820. The van der Waals surface area contributed by atoms with Crippen molar-refractivity contribution in [2.75, 3.05) is 14.1 Å². The van der Waals surface area contributed by atoms with Crippen molar-refractivity contribution in [1.82, 2.24) is 10.2 Å². The zero-order chi connectivity index (χ0) is 11.3. The minimum atomic E-state index is -0.849. The van der Waals surface area contributed by atoms with Gasteiger partial charge in [0.1, 0.15) is 4.32 Å². The highest BCUT2D eigenvalue weighted by atomic mass is 32.2. The molecule has 0 aromatic carbocycles. The Morgan fingerprint density at radius 1 is 1.50 bits per heavy atom. The van der Waals surface area contributed by atoms with Gasteiger partial charge in [-0.25, -0.2) is 4.79 Å². The van der Waals surface area contributed by atoms with Crippen LogP contribution in [0.4, 0.5) is 4.79 Å². The molecule has 0 aliphatic carbocycles. The lowest BCUT2D eigenvalue weighted by Crippen LogP contribution is -2.40. The van der Waals surface area contributed by atoms with Crippen molar-refractivity contribution >= 4 is 40.2 Å². The Morgan fingerprint density at radius 3 is 2.36 bits per heavy atom. The van der Waals surface area contributed by atoms with Gasteiger partial charge in [0, 0.05) is 14.1 Å². The number of primary amides is 1. The number of carbonyl (C=O) groups excluding carboxylic acids is 2. The summed E-state index contributed by atoms with van der Waals surface area (Å²) in [5, 5.41) is 1.55. The molecule has 3 N–H and O–H groups in total. The van der Waals surface area contributed by atoms with E-state index in [1.807, 2.05) is 5.32 Å². The average Bonchev–Trinajstić information content (AvgIpc) is 2.02. The summed E-state index contributed by atoms with van der Waals surface area (Å²) in [5.74, 6) is -0.438. The standard InChI is InChI=1S/C7H13N3O2S2/c1-4(5(11)9-6(8)12)14-7(13)10(2)3/h4H,1-3H3,(H3,8,9,11,12)/t4-/m1/s1. The zero-order valence-corrected chi connectivity index (χ0v) is 9.87. The molecule has 0 aliphatic heterocycles. The number of thiocarbonyl (C=S) groups is 1. The average molecular weight is 235 g/mol. The second-order valence-corrected chi connectivity index (χ2v) is 4.75. The maximum Gasteiger partial charge on any atom is 0.318 e. The van der Waals surface area contributed by atoms with Crippen LogP contribution < -0.4 is 11.1 Å². The van der Waals surface area contributed by atoms with Gasteiger partial charge in [-0.3, -0.25) is 10.1 Å². The molecular formula is C7H13N3O2S2. The topological polar surface area (TPSA) is 75.4 Å². The van der Waals surface area contributed by atoms with Crippen LogP contribution in [0.3, 0.4) is 0 Å². The second-order valence-electron chi connectivity index (χ2n) is 2.77. The number of rotatable bonds is 2. The number of imide groups is 1. The Morgan fingerprint density at radius 2 is 2.00 bits per heavy atom. The highest BCUT2D eigenvalue weighted by Crippen LogP contribution is 2.14. The van der Waals surface area contributed by atoms with Crippen LogP contribution in [-0.2, 0) is 4.79 Å². The molecule has 5 nitrogen and oxygen atoms in total. The van der Waals surface area contributed by atoms with Gasteiger partial charge in [0.15, 0.2) is 0 Å². The Bertz CT molecular complexity index is 255. The number of hydrogen-bond acceptors (Lipinski definition) is 4. The summed E-state index contributed by atoms with van der Waals surface area (Å²) < 4.78 is 0.581. The smallest absolute Gasteiger partial charge is 0.318 e. The van der Waals surface area contributed by atoms with E-state index in [0.717, 1.165) is 0 Å². The van der Waals surface area contributed by atoms with E-state index in [9.17, 15) is 9.59 Å². The lowest BCUT2D eigenvalue weighted by atomic mass is 10.4. The van der Waals surface area contributed by atoms with E-state index in [2.05, 4.69) is 0 Å². The van der Waals surface area contributed by atoms with Crippen molar-refractivity contribution in [3.05, 3.63) is 0 Å². The summed E-state index contributed by atoms with van der Waals surface area (Å²) >= 11 is 6.18. The molecule has 7 heteroatoms. The SMILES string of the molecule is C[C@@H](SC(=S)N(C)C)C(=O)NC(N)=O. The van der Waals surface area contributed by atoms with Crippen LogP contribution in [0.25, 0.3) is 0 Å². The summed E-state index contributed by atoms with van der Waals surface area (Å²) in [7, 11) is 3.57. The predicted molar refractivity (Wildman–Crippen MR) is 61.1 cm³/mol. The molecule has 0 heterocycles. The zero-order valence-electron chi connectivity index (χ0n) is 8.23. The molecule has 80 valence electrons. The number of urea groups is 1. The summed E-state index contributed by atoms with van der Waals surface area (Å²) in [6.07, 6.45) is 0. The van der Waals surface area contributed by atoms with E-state index >= 15 is 0 Å². The lowest BCUT2D eigenvalue weighted by Gasteiger charge is -2.16. The van der Waals surface area contributed by atoms with Crippen molar-refractivity contribution < 1.29 is 9.59 Å². The monoisotopic (exact) mass is 235 g/mol. The van der Waals surface area contributed by atoms with Gasteiger partial charge < -0.3 is 10.6 Å². The molecule has 0 aliphatic rings. The van der Waals surface area contributed by atoms with Crippen LogP contribution in [0, 0.1) is 0 Å². The number of nitrogens with two attached hydrogens (primary N) is 1.